The third kappa shape index (κ3) is 3.98. The second-order valence-electron chi connectivity index (χ2n) is 4.74. The molecule has 0 atom stereocenters. The van der Waals surface area contributed by atoms with Crippen LogP contribution in [0, 0.1) is 6.92 Å². The molecule has 1 amide bonds. The number of aromatic nitrogens is 1. The molecule has 1 aromatic heterocycles. The number of hydrogen-bond acceptors (Lipinski definition) is 4. The summed E-state index contributed by atoms with van der Waals surface area (Å²) >= 11 is 3.45. The summed E-state index contributed by atoms with van der Waals surface area (Å²) in [6.07, 6.45) is 1.87. The van der Waals surface area contributed by atoms with Gasteiger partial charge in [-0.3, -0.25) is 4.79 Å². The zero-order valence-electron chi connectivity index (χ0n) is 12.6. The first-order chi connectivity index (χ1) is 10.5. The summed E-state index contributed by atoms with van der Waals surface area (Å²) in [4.78, 5) is 16.3. The van der Waals surface area contributed by atoms with E-state index in [2.05, 4.69) is 26.2 Å². The largest absolute Gasteiger partial charge is 0.493 e. The summed E-state index contributed by atoms with van der Waals surface area (Å²) in [5, 5.41) is 2.78. The van der Waals surface area contributed by atoms with Crippen LogP contribution in [0.1, 0.15) is 11.1 Å². The van der Waals surface area contributed by atoms with Crippen molar-refractivity contribution in [1.82, 2.24) is 4.98 Å². The monoisotopic (exact) mass is 364 g/mol. The van der Waals surface area contributed by atoms with E-state index in [1.807, 2.05) is 19.1 Å². The van der Waals surface area contributed by atoms with Gasteiger partial charge < -0.3 is 14.8 Å². The fraction of sp³-hybridized carbons (Fsp3) is 0.250. The first-order valence-electron chi connectivity index (χ1n) is 6.66. The highest BCUT2D eigenvalue weighted by Gasteiger charge is 2.13. The van der Waals surface area contributed by atoms with Gasteiger partial charge in [0.25, 0.3) is 0 Å². The van der Waals surface area contributed by atoms with Gasteiger partial charge in [0.15, 0.2) is 11.5 Å². The van der Waals surface area contributed by atoms with Crippen LogP contribution in [0.4, 0.5) is 5.82 Å². The number of pyridine rings is 1. The fourth-order valence-corrected chi connectivity index (χ4v) is 2.46. The number of ether oxygens (including phenoxy) is 2. The predicted molar refractivity (Wildman–Crippen MR) is 88.6 cm³/mol. The zero-order valence-corrected chi connectivity index (χ0v) is 14.2. The first kappa shape index (κ1) is 16.3. The van der Waals surface area contributed by atoms with Crippen molar-refractivity contribution in [1.29, 1.82) is 0 Å². The Bertz CT molecular complexity index is 689. The van der Waals surface area contributed by atoms with Crippen molar-refractivity contribution in [2.45, 2.75) is 13.3 Å². The van der Waals surface area contributed by atoms with E-state index in [1.165, 1.54) is 0 Å². The first-order valence-corrected chi connectivity index (χ1v) is 7.45. The van der Waals surface area contributed by atoms with E-state index in [0.717, 1.165) is 15.6 Å². The molecule has 0 spiro atoms. The number of hydrogen-bond donors (Lipinski definition) is 1. The molecule has 22 heavy (non-hydrogen) atoms. The summed E-state index contributed by atoms with van der Waals surface area (Å²) in [6.45, 7) is 1.95. The highest BCUT2D eigenvalue weighted by molar-refractivity contribution is 9.10. The number of carbonyl (C=O) groups excluding carboxylic acids is 1. The summed E-state index contributed by atoms with van der Waals surface area (Å²) in [7, 11) is 3.13. The van der Waals surface area contributed by atoms with Crippen LogP contribution in [0.25, 0.3) is 0 Å². The lowest BCUT2D eigenvalue weighted by Gasteiger charge is -2.12. The predicted octanol–water partition coefficient (Wildman–Crippen LogP) is 3.35. The quantitative estimate of drug-likeness (QED) is 0.883. The van der Waals surface area contributed by atoms with E-state index in [1.54, 1.807) is 32.5 Å². The van der Waals surface area contributed by atoms with Crippen molar-refractivity contribution in [3.05, 3.63) is 46.1 Å². The molecular weight excluding hydrogens is 348 g/mol. The molecule has 116 valence electrons. The van der Waals surface area contributed by atoms with Gasteiger partial charge in [0.2, 0.25) is 5.91 Å². The Morgan fingerprint density at radius 2 is 1.91 bits per heavy atom. The van der Waals surface area contributed by atoms with Crippen molar-refractivity contribution in [3.8, 4) is 11.5 Å². The second kappa shape index (κ2) is 7.26. The topological polar surface area (TPSA) is 60.5 Å². The lowest BCUT2D eigenvalue weighted by molar-refractivity contribution is -0.115. The SMILES string of the molecule is COc1cc(Br)c(CC(=O)Nc2cc(C)ccn2)cc1OC. The Morgan fingerprint density at radius 1 is 1.23 bits per heavy atom. The molecule has 1 heterocycles. The van der Waals surface area contributed by atoms with Crippen molar-refractivity contribution < 1.29 is 14.3 Å². The van der Waals surface area contributed by atoms with Crippen molar-refractivity contribution in [2.24, 2.45) is 0 Å². The smallest absolute Gasteiger partial charge is 0.229 e. The third-order valence-corrected chi connectivity index (χ3v) is 3.82. The molecule has 6 heteroatoms. The van der Waals surface area contributed by atoms with Gasteiger partial charge in [-0.2, -0.15) is 0 Å². The van der Waals surface area contributed by atoms with Crippen LogP contribution in [-0.2, 0) is 11.2 Å². The Labute approximate surface area is 137 Å². The van der Waals surface area contributed by atoms with Crippen LogP contribution in [0.5, 0.6) is 11.5 Å². The highest BCUT2D eigenvalue weighted by atomic mass is 79.9. The third-order valence-electron chi connectivity index (χ3n) is 3.09. The van der Waals surface area contributed by atoms with Crippen molar-refractivity contribution in [3.63, 3.8) is 0 Å². The second-order valence-corrected chi connectivity index (χ2v) is 5.60. The molecule has 5 nitrogen and oxygen atoms in total. The molecule has 0 bridgehead atoms. The average molecular weight is 365 g/mol. The van der Waals surface area contributed by atoms with E-state index in [9.17, 15) is 4.79 Å². The highest BCUT2D eigenvalue weighted by Crippen LogP contribution is 2.33. The molecule has 2 rings (SSSR count). The van der Waals surface area contributed by atoms with E-state index < -0.39 is 0 Å². The van der Waals surface area contributed by atoms with Crippen molar-refractivity contribution in [2.75, 3.05) is 19.5 Å². The number of amides is 1. The fourth-order valence-electron chi connectivity index (χ4n) is 2.00. The molecule has 2 aromatic rings. The zero-order chi connectivity index (χ0) is 16.1. The van der Waals surface area contributed by atoms with Gasteiger partial charge in [0.1, 0.15) is 5.82 Å². The van der Waals surface area contributed by atoms with E-state index in [0.29, 0.717) is 17.3 Å². The summed E-state index contributed by atoms with van der Waals surface area (Å²) in [5.41, 5.74) is 1.85. The number of halogens is 1. The van der Waals surface area contributed by atoms with Gasteiger partial charge in [0, 0.05) is 10.7 Å². The molecule has 0 aliphatic carbocycles. The minimum atomic E-state index is -0.147. The number of nitrogens with one attached hydrogen (secondary N) is 1. The minimum absolute atomic E-state index is 0.147. The number of rotatable bonds is 5. The number of benzene rings is 1. The van der Waals surface area contributed by atoms with Crippen molar-refractivity contribution >= 4 is 27.7 Å². The van der Waals surface area contributed by atoms with Gasteiger partial charge in [0.05, 0.1) is 20.6 Å². The van der Waals surface area contributed by atoms with E-state index in [4.69, 9.17) is 9.47 Å². The van der Waals surface area contributed by atoms with E-state index >= 15 is 0 Å². The Kier molecular flexibility index (Phi) is 5.38. The lowest BCUT2D eigenvalue weighted by atomic mass is 10.1. The number of carbonyl (C=O) groups is 1. The Morgan fingerprint density at radius 3 is 2.55 bits per heavy atom. The standard InChI is InChI=1S/C16H17BrN2O3/c1-10-4-5-18-15(6-10)19-16(20)8-11-7-13(21-2)14(22-3)9-12(11)17/h4-7,9H,8H2,1-3H3,(H,18,19,20). The summed E-state index contributed by atoms with van der Waals surface area (Å²) in [6, 6.07) is 7.26. The van der Waals surface area contributed by atoms with Gasteiger partial charge in [-0.15, -0.1) is 0 Å². The number of anilines is 1. The maximum atomic E-state index is 12.2. The van der Waals surface area contributed by atoms with Gasteiger partial charge in [-0.1, -0.05) is 15.9 Å². The number of nitrogens with zero attached hydrogens (tertiary/aromatic N) is 1. The van der Waals surface area contributed by atoms with Crippen LogP contribution in [-0.4, -0.2) is 25.1 Å². The van der Waals surface area contributed by atoms with Gasteiger partial charge >= 0.3 is 0 Å². The molecule has 0 saturated carbocycles. The van der Waals surface area contributed by atoms with Crippen LogP contribution in [0.3, 0.4) is 0 Å². The average Bonchev–Trinajstić information content (AvgIpc) is 2.48. The van der Waals surface area contributed by atoms with Gasteiger partial charge in [-0.25, -0.2) is 4.98 Å². The molecule has 0 saturated heterocycles. The molecule has 0 radical (unpaired) electrons. The van der Waals surface area contributed by atoms with Crippen LogP contribution in [0.2, 0.25) is 0 Å². The normalized spacial score (nSPS) is 10.2. The van der Waals surface area contributed by atoms with Crippen LogP contribution in [0.15, 0.2) is 34.9 Å². The molecule has 0 fully saturated rings. The Balaban J connectivity index is 2.14. The maximum Gasteiger partial charge on any atom is 0.229 e. The molecular formula is C16H17BrN2O3. The van der Waals surface area contributed by atoms with Crippen LogP contribution >= 0.6 is 15.9 Å². The van der Waals surface area contributed by atoms with Crippen LogP contribution < -0.4 is 14.8 Å². The number of aryl methyl sites for hydroxylation is 1. The molecule has 0 aliphatic heterocycles. The van der Waals surface area contributed by atoms with E-state index in [-0.39, 0.29) is 12.3 Å². The molecule has 1 N–H and O–H groups in total. The lowest BCUT2D eigenvalue weighted by Crippen LogP contribution is -2.15. The maximum absolute atomic E-state index is 12.2. The molecule has 0 unspecified atom stereocenters. The molecule has 1 aromatic carbocycles. The summed E-state index contributed by atoms with van der Waals surface area (Å²) in [5.74, 6) is 1.59. The summed E-state index contributed by atoms with van der Waals surface area (Å²) < 4.78 is 11.3. The Hall–Kier alpha value is -2.08. The number of methoxy groups -OCH3 is 2. The minimum Gasteiger partial charge on any atom is -0.493 e. The van der Waals surface area contributed by atoms with Gasteiger partial charge in [-0.05, 0) is 42.3 Å². The molecule has 0 aliphatic rings.